The van der Waals surface area contributed by atoms with Crippen LogP contribution in [0.5, 0.6) is 5.75 Å². The lowest BCUT2D eigenvalue weighted by atomic mass is 9.94. The van der Waals surface area contributed by atoms with E-state index in [0.29, 0.717) is 27.9 Å². The maximum atomic E-state index is 15.0. The zero-order valence-electron chi connectivity index (χ0n) is 16.6. The number of nitrogens with zero attached hydrogens (tertiary/aromatic N) is 2. The highest BCUT2D eigenvalue weighted by Gasteiger charge is 2.32. The average Bonchev–Trinajstić information content (AvgIpc) is 2.74. The monoisotopic (exact) mass is 461 g/mol. The fraction of sp³-hybridized carbons (Fsp3) is 0.130. The van der Waals surface area contributed by atoms with Crippen LogP contribution in [0, 0.1) is 12.7 Å². The van der Waals surface area contributed by atoms with Crippen molar-refractivity contribution in [3.05, 3.63) is 94.0 Å². The van der Waals surface area contributed by atoms with Crippen LogP contribution in [0.15, 0.2) is 60.9 Å². The van der Waals surface area contributed by atoms with Crippen LogP contribution in [0.2, 0.25) is 5.02 Å². The van der Waals surface area contributed by atoms with Gasteiger partial charge in [0.2, 0.25) is 0 Å². The number of hydrogen-bond donors (Lipinski definition) is 2. The summed E-state index contributed by atoms with van der Waals surface area (Å²) in [6.45, 7) is 1.73. The second-order valence-electron chi connectivity index (χ2n) is 7.21. The Morgan fingerprint density at radius 2 is 1.78 bits per heavy atom. The van der Waals surface area contributed by atoms with E-state index < -0.39 is 23.6 Å². The first-order valence-corrected chi connectivity index (χ1v) is 9.85. The molecule has 164 valence electrons. The first kappa shape index (κ1) is 21.8. The molecule has 2 N–H and O–H groups in total. The highest BCUT2D eigenvalue weighted by Crippen LogP contribution is 2.39. The SMILES string of the molecule is Cc1cc(Cl)cnc1NC(c1ccc(C(F)(F)F)cc1F)c1ccc2cccnc2c1O. The summed E-state index contributed by atoms with van der Waals surface area (Å²) in [5, 5.41) is 15.0. The number of benzene rings is 2. The predicted molar refractivity (Wildman–Crippen MR) is 114 cm³/mol. The molecule has 1 atom stereocenters. The Kier molecular flexibility index (Phi) is 5.64. The van der Waals surface area contributed by atoms with E-state index in [1.165, 1.54) is 12.4 Å². The summed E-state index contributed by atoms with van der Waals surface area (Å²) in [5.41, 5.74) is -0.0634. The lowest BCUT2D eigenvalue weighted by Crippen LogP contribution is -2.17. The number of phenols is 1. The summed E-state index contributed by atoms with van der Waals surface area (Å²) >= 11 is 5.96. The van der Waals surface area contributed by atoms with Gasteiger partial charge >= 0.3 is 6.18 Å². The van der Waals surface area contributed by atoms with Crippen LogP contribution in [0.3, 0.4) is 0 Å². The fourth-order valence-corrected chi connectivity index (χ4v) is 3.68. The quantitative estimate of drug-likeness (QED) is 0.334. The molecule has 0 aliphatic rings. The molecule has 0 bridgehead atoms. The predicted octanol–water partition coefficient (Wildman–Crippen LogP) is 6.66. The zero-order chi connectivity index (χ0) is 23.0. The molecular formula is C23H16ClF4N3O. The molecule has 0 amide bonds. The molecule has 0 saturated carbocycles. The molecule has 4 aromatic rings. The van der Waals surface area contributed by atoms with Gasteiger partial charge < -0.3 is 10.4 Å². The van der Waals surface area contributed by atoms with Gasteiger partial charge in [-0.25, -0.2) is 9.37 Å². The van der Waals surface area contributed by atoms with E-state index in [-0.39, 0.29) is 22.4 Å². The molecule has 4 rings (SSSR count). The van der Waals surface area contributed by atoms with Gasteiger partial charge in [0.1, 0.15) is 22.9 Å². The van der Waals surface area contributed by atoms with Crippen LogP contribution >= 0.6 is 11.6 Å². The van der Waals surface area contributed by atoms with Crippen molar-refractivity contribution < 1.29 is 22.7 Å². The van der Waals surface area contributed by atoms with E-state index in [0.717, 1.165) is 12.1 Å². The Labute approximate surface area is 185 Å². The van der Waals surface area contributed by atoms with Gasteiger partial charge in [-0.15, -0.1) is 0 Å². The highest BCUT2D eigenvalue weighted by atomic mass is 35.5. The number of rotatable bonds is 4. The van der Waals surface area contributed by atoms with Gasteiger partial charge in [0.15, 0.2) is 0 Å². The summed E-state index contributed by atoms with van der Waals surface area (Å²) in [5.74, 6) is -0.963. The molecule has 0 aliphatic heterocycles. The number of aryl methyl sites for hydroxylation is 1. The Morgan fingerprint density at radius 1 is 1.03 bits per heavy atom. The second-order valence-corrected chi connectivity index (χ2v) is 7.65. The molecule has 0 fully saturated rings. The molecule has 2 aromatic heterocycles. The minimum Gasteiger partial charge on any atom is -0.505 e. The van der Waals surface area contributed by atoms with Crippen LogP contribution in [0.4, 0.5) is 23.4 Å². The van der Waals surface area contributed by atoms with Crippen LogP contribution in [-0.2, 0) is 6.18 Å². The standard InChI is InChI=1S/C23H16ClF4N3O/c1-12-9-15(24)11-30-22(12)31-20(16-7-5-14(10-18(16)25)23(26,27)28)17-6-4-13-3-2-8-29-19(13)21(17)32/h2-11,20,32H,1H3,(H,30,31). The number of hydrogen-bond acceptors (Lipinski definition) is 4. The van der Waals surface area contributed by atoms with Gasteiger partial charge in [-0.2, -0.15) is 13.2 Å². The number of fused-ring (bicyclic) bond motifs is 1. The van der Waals surface area contributed by atoms with Crippen molar-refractivity contribution in [3.63, 3.8) is 0 Å². The van der Waals surface area contributed by atoms with Crippen LogP contribution in [0.25, 0.3) is 10.9 Å². The van der Waals surface area contributed by atoms with E-state index in [1.54, 1.807) is 37.3 Å². The number of phenolic OH excluding ortho intramolecular Hbond substituents is 1. The molecule has 2 aromatic carbocycles. The number of aromatic nitrogens is 2. The molecule has 0 aliphatic carbocycles. The summed E-state index contributed by atoms with van der Waals surface area (Å²) in [6, 6.07) is 9.56. The van der Waals surface area contributed by atoms with Gasteiger partial charge in [0.25, 0.3) is 0 Å². The van der Waals surface area contributed by atoms with Crippen molar-refractivity contribution in [3.8, 4) is 5.75 Å². The van der Waals surface area contributed by atoms with Crippen LogP contribution in [-0.4, -0.2) is 15.1 Å². The van der Waals surface area contributed by atoms with E-state index in [4.69, 9.17) is 11.6 Å². The maximum absolute atomic E-state index is 15.0. The Hall–Kier alpha value is -3.39. The van der Waals surface area contributed by atoms with Gasteiger partial charge in [0, 0.05) is 28.9 Å². The molecule has 0 saturated heterocycles. The minimum absolute atomic E-state index is 0.0975. The smallest absolute Gasteiger partial charge is 0.416 e. The summed E-state index contributed by atoms with van der Waals surface area (Å²) in [6.07, 6.45) is -1.80. The van der Waals surface area contributed by atoms with Crippen molar-refractivity contribution in [2.45, 2.75) is 19.1 Å². The zero-order valence-corrected chi connectivity index (χ0v) is 17.3. The average molecular weight is 462 g/mol. The largest absolute Gasteiger partial charge is 0.505 e. The summed E-state index contributed by atoms with van der Waals surface area (Å²) < 4.78 is 54.1. The first-order chi connectivity index (χ1) is 15.1. The van der Waals surface area contributed by atoms with E-state index >= 15 is 0 Å². The molecular weight excluding hydrogens is 446 g/mol. The van der Waals surface area contributed by atoms with Crippen LogP contribution < -0.4 is 5.32 Å². The van der Waals surface area contributed by atoms with Crippen molar-refractivity contribution in [1.82, 2.24) is 9.97 Å². The van der Waals surface area contributed by atoms with Crippen LogP contribution in [0.1, 0.15) is 28.3 Å². The van der Waals surface area contributed by atoms with Crippen molar-refractivity contribution in [2.24, 2.45) is 0 Å². The van der Waals surface area contributed by atoms with E-state index in [2.05, 4.69) is 15.3 Å². The van der Waals surface area contributed by atoms with Gasteiger partial charge in [-0.3, -0.25) is 4.98 Å². The lowest BCUT2D eigenvalue weighted by molar-refractivity contribution is -0.137. The lowest BCUT2D eigenvalue weighted by Gasteiger charge is -2.24. The normalized spacial score (nSPS) is 12.7. The van der Waals surface area contributed by atoms with Gasteiger partial charge in [-0.05, 0) is 36.8 Å². The molecule has 4 nitrogen and oxygen atoms in total. The third kappa shape index (κ3) is 4.18. The molecule has 32 heavy (non-hydrogen) atoms. The van der Waals surface area contributed by atoms with Crippen molar-refractivity contribution >= 4 is 28.3 Å². The number of pyridine rings is 2. The number of alkyl halides is 3. The number of anilines is 1. The Balaban J connectivity index is 1.89. The highest BCUT2D eigenvalue weighted by molar-refractivity contribution is 6.30. The molecule has 1 unspecified atom stereocenters. The number of halogens is 5. The Morgan fingerprint density at radius 3 is 2.47 bits per heavy atom. The molecule has 2 heterocycles. The second kappa shape index (κ2) is 8.27. The minimum atomic E-state index is -4.69. The first-order valence-electron chi connectivity index (χ1n) is 9.47. The number of aromatic hydroxyl groups is 1. The van der Waals surface area contributed by atoms with E-state index in [1.807, 2.05) is 0 Å². The Bertz CT molecular complexity index is 1310. The van der Waals surface area contributed by atoms with Crippen molar-refractivity contribution in [1.29, 1.82) is 0 Å². The van der Waals surface area contributed by atoms with Crippen molar-refractivity contribution in [2.75, 3.05) is 5.32 Å². The van der Waals surface area contributed by atoms with E-state index in [9.17, 15) is 22.7 Å². The molecule has 0 spiro atoms. The number of nitrogens with one attached hydrogen (secondary N) is 1. The fourth-order valence-electron chi connectivity index (χ4n) is 3.47. The topological polar surface area (TPSA) is 58.0 Å². The molecule has 0 radical (unpaired) electrons. The maximum Gasteiger partial charge on any atom is 0.416 e. The third-order valence-corrected chi connectivity index (χ3v) is 5.26. The summed E-state index contributed by atoms with van der Waals surface area (Å²) in [4.78, 5) is 8.37. The third-order valence-electron chi connectivity index (χ3n) is 5.05. The summed E-state index contributed by atoms with van der Waals surface area (Å²) in [7, 11) is 0. The van der Waals surface area contributed by atoms with Gasteiger partial charge in [0.05, 0.1) is 16.6 Å². The van der Waals surface area contributed by atoms with Gasteiger partial charge in [-0.1, -0.05) is 35.9 Å². The molecule has 9 heteroatoms.